The smallest absolute Gasteiger partial charge is 0.224 e. The second-order valence-corrected chi connectivity index (χ2v) is 8.30. The molecule has 6 heteroatoms. The van der Waals surface area contributed by atoms with Crippen LogP contribution in [0.5, 0.6) is 0 Å². The number of nitrogens with zero attached hydrogens (tertiary/aromatic N) is 1. The molecule has 1 saturated heterocycles. The molecule has 1 fully saturated rings. The van der Waals surface area contributed by atoms with Crippen LogP contribution in [0, 0.1) is 0 Å². The van der Waals surface area contributed by atoms with E-state index in [1.807, 2.05) is 30.3 Å². The number of hydrogen-bond donors (Lipinski definition) is 1. The second-order valence-electron chi connectivity index (χ2n) is 6.12. The molecule has 1 aromatic heterocycles. The zero-order valence-corrected chi connectivity index (χ0v) is 13.2. The van der Waals surface area contributed by atoms with E-state index in [1.54, 1.807) is 13.1 Å². The Kier molecular flexibility index (Phi) is 3.64. The van der Waals surface area contributed by atoms with Gasteiger partial charge in [0.05, 0.1) is 29.0 Å². The average molecular weight is 318 g/mol. The number of para-hydroxylation sites is 1. The Morgan fingerprint density at radius 3 is 2.82 bits per heavy atom. The normalized spacial score (nSPS) is 23.5. The Morgan fingerprint density at radius 1 is 1.32 bits per heavy atom. The summed E-state index contributed by atoms with van der Waals surface area (Å²) in [5.41, 5.74) is 0.998. The molecule has 3 rings (SSSR count). The van der Waals surface area contributed by atoms with E-state index in [9.17, 15) is 13.2 Å². The largest absolute Gasteiger partial charge is 0.350 e. The fourth-order valence-corrected chi connectivity index (χ4v) is 5.07. The van der Waals surface area contributed by atoms with Crippen LogP contribution in [-0.2, 0) is 21.1 Å². The maximum atomic E-state index is 12.3. The molecule has 0 spiro atoms. The first kappa shape index (κ1) is 15.0. The lowest BCUT2D eigenvalue weighted by molar-refractivity contribution is -0.121. The minimum absolute atomic E-state index is 0.0134. The predicted molar refractivity (Wildman–Crippen MR) is 85.3 cm³/mol. The van der Waals surface area contributed by atoms with Gasteiger partial charge in [-0.1, -0.05) is 24.3 Å². The summed E-state index contributed by atoms with van der Waals surface area (Å²) in [6.07, 6.45) is 2.37. The summed E-state index contributed by atoms with van der Waals surface area (Å²) in [4.78, 5) is 16.6. The van der Waals surface area contributed by atoms with Crippen molar-refractivity contribution in [1.29, 1.82) is 0 Å². The topological polar surface area (TPSA) is 76.1 Å². The average Bonchev–Trinajstić information content (AvgIpc) is 2.72. The number of pyridine rings is 1. The Morgan fingerprint density at radius 2 is 2.09 bits per heavy atom. The van der Waals surface area contributed by atoms with Crippen LogP contribution in [0.1, 0.15) is 18.9 Å². The summed E-state index contributed by atoms with van der Waals surface area (Å²) >= 11 is 0. The highest BCUT2D eigenvalue weighted by molar-refractivity contribution is 7.91. The number of hydrogen-bond acceptors (Lipinski definition) is 4. The molecule has 2 aromatic rings. The molecule has 1 amide bonds. The number of benzene rings is 1. The highest BCUT2D eigenvalue weighted by atomic mass is 32.2. The monoisotopic (exact) mass is 318 g/mol. The predicted octanol–water partition coefficient (Wildman–Crippen LogP) is 1.47. The lowest BCUT2D eigenvalue weighted by Gasteiger charge is -2.24. The SMILES string of the molecule is C[C@@]1(NC(=O)Cc2cccc3cccnc23)CCS(=O)(=O)C1. The van der Waals surface area contributed by atoms with E-state index in [1.165, 1.54) is 0 Å². The van der Waals surface area contributed by atoms with Gasteiger partial charge in [-0.15, -0.1) is 0 Å². The van der Waals surface area contributed by atoms with Crippen molar-refractivity contribution in [3.8, 4) is 0 Å². The fourth-order valence-electron chi connectivity index (χ4n) is 2.97. The summed E-state index contributed by atoms with van der Waals surface area (Å²) < 4.78 is 23.2. The first-order valence-electron chi connectivity index (χ1n) is 7.21. The van der Waals surface area contributed by atoms with Gasteiger partial charge in [0, 0.05) is 11.6 Å². The van der Waals surface area contributed by atoms with E-state index in [0.717, 1.165) is 16.5 Å². The number of aromatic nitrogens is 1. The Hall–Kier alpha value is -1.95. The molecule has 1 aliphatic heterocycles. The molecule has 1 atom stereocenters. The van der Waals surface area contributed by atoms with Crippen molar-refractivity contribution in [2.45, 2.75) is 25.3 Å². The van der Waals surface area contributed by atoms with E-state index in [0.29, 0.717) is 6.42 Å². The summed E-state index contributed by atoms with van der Waals surface area (Å²) in [6, 6.07) is 9.54. The van der Waals surface area contributed by atoms with E-state index >= 15 is 0 Å². The van der Waals surface area contributed by atoms with Crippen molar-refractivity contribution in [2.75, 3.05) is 11.5 Å². The van der Waals surface area contributed by atoms with Gasteiger partial charge in [0.25, 0.3) is 0 Å². The summed E-state index contributed by atoms with van der Waals surface area (Å²) in [6.45, 7) is 1.79. The second kappa shape index (κ2) is 5.35. The standard InChI is InChI=1S/C16H18N2O3S/c1-16(7-9-22(20,21)11-16)18-14(19)10-13-5-2-4-12-6-3-8-17-15(12)13/h2-6,8H,7,9-11H2,1H3,(H,18,19)/t16-/m1/s1. The Balaban J connectivity index is 1.77. The molecule has 1 aromatic carbocycles. The van der Waals surface area contributed by atoms with Gasteiger partial charge in [-0.3, -0.25) is 9.78 Å². The quantitative estimate of drug-likeness (QED) is 0.930. The van der Waals surface area contributed by atoms with E-state index in [-0.39, 0.29) is 23.8 Å². The number of carbonyl (C=O) groups excluding carboxylic acids is 1. The summed E-state index contributed by atoms with van der Waals surface area (Å²) in [5.74, 6) is -0.0168. The van der Waals surface area contributed by atoms with Gasteiger partial charge in [0.1, 0.15) is 0 Å². The molecule has 1 N–H and O–H groups in total. The summed E-state index contributed by atoms with van der Waals surface area (Å²) in [7, 11) is -3.03. The third-order valence-corrected chi connectivity index (χ3v) is 5.91. The van der Waals surface area contributed by atoms with Crippen molar-refractivity contribution in [2.24, 2.45) is 0 Å². The molecular weight excluding hydrogens is 300 g/mol. The van der Waals surface area contributed by atoms with E-state index in [2.05, 4.69) is 10.3 Å². The van der Waals surface area contributed by atoms with Gasteiger partial charge in [-0.25, -0.2) is 8.42 Å². The maximum absolute atomic E-state index is 12.3. The molecule has 116 valence electrons. The van der Waals surface area contributed by atoms with Crippen LogP contribution >= 0.6 is 0 Å². The molecule has 1 aliphatic rings. The third-order valence-electron chi connectivity index (χ3n) is 4.01. The fraction of sp³-hybridized carbons (Fsp3) is 0.375. The van der Waals surface area contributed by atoms with Crippen LogP contribution < -0.4 is 5.32 Å². The lowest BCUT2D eigenvalue weighted by Crippen LogP contribution is -2.47. The Bertz CT molecular complexity index is 827. The lowest BCUT2D eigenvalue weighted by atomic mass is 10.0. The maximum Gasteiger partial charge on any atom is 0.224 e. The van der Waals surface area contributed by atoms with Crippen molar-refractivity contribution in [3.05, 3.63) is 42.1 Å². The molecule has 0 bridgehead atoms. The van der Waals surface area contributed by atoms with Gasteiger partial charge in [0.15, 0.2) is 9.84 Å². The van der Waals surface area contributed by atoms with Gasteiger partial charge in [-0.2, -0.15) is 0 Å². The molecule has 2 heterocycles. The van der Waals surface area contributed by atoms with Crippen LogP contribution in [0.2, 0.25) is 0 Å². The van der Waals surface area contributed by atoms with Crippen molar-refractivity contribution in [1.82, 2.24) is 10.3 Å². The molecule has 0 saturated carbocycles. The number of carbonyl (C=O) groups is 1. The van der Waals surface area contributed by atoms with Crippen molar-refractivity contribution in [3.63, 3.8) is 0 Å². The number of fused-ring (bicyclic) bond motifs is 1. The van der Waals surface area contributed by atoms with E-state index in [4.69, 9.17) is 0 Å². The highest BCUT2D eigenvalue weighted by Crippen LogP contribution is 2.23. The van der Waals surface area contributed by atoms with Gasteiger partial charge >= 0.3 is 0 Å². The van der Waals surface area contributed by atoms with Crippen LogP contribution in [-0.4, -0.2) is 36.4 Å². The Labute approximate surface area is 129 Å². The minimum Gasteiger partial charge on any atom is -0.350 e. The number of amides is 1. The third kappa shape index (κ3) is 3.11. The summed E-state index contributed by atoms with van der Waals surface area (Å²) in [5, 5.41) is 3.87. The number of nitrogens with one attached hydrogen (secondary N) is 1. The van der Waals surface area contributed by atoms with Crippen LogP contribution in [0.15, 0.2) is 36.5 Å². The van der Waals surface area contributed by atoms with Gasteiger partial charge in [0.2, 0.25) is 5.91 Å². The van der Waals surface area contributed by atoms with Crippen LogP contribution in [0.4, 0.5) is 0 Å². The minimum atomic E-state index is -3.03. The zero-order chi connectivity index (χ0) is 15.8. The molecule has 5 nitrogen and oxygen atoms in total. The van der Waals surface area contributed by atoms with Crippen molar-refractivity contribution >= 4 is 26.6 Å². The van der Waals surface area contributed by atoms with Gasteiger partial charge in [-0.05, 0) is 25.0 Å². The zero-order valence-electron chi connectivity index (χ0n) is 12.4. The highest BCUT2D eigenvalue weighted by Gasteiger charge is 2.39. The number of sulfone groups is 1. The molecule has 22 heavy (non-hydrogen) atoms. The molecular formula is C16H18N2O3S. The van der Waals surface area contributed by atoms with Crippen molar-refractivity contribution < 1.29 is 13.2 Å². The molecule has 0 unspecified atom stereocenters. The van der Waals surface area contributed by atoms with Gasteiger partial charge < -0.3 is 5.32 Å². The first-order valence-corrected chi connectivity index (χ1v) is 9.03. The first-order chi connectivity index (χ1) is 10.4. The molecule has 0 radical (unpaired) electrons. The molecule has 0 aliphatic carbocycles. The van der Waals surface area contributed by atoms with Crippen LogP contribution in [0.3, 0.4) is 0 Å². The van der Waals surface area contributed by atoms with E-state index < -0.39 is 15.4 Å². The number of rotatable bonds is 3. The van der Waals surface area contributed by atoms with Crippen LogP contribution in [0.25, 0.3) is 10.9 Å².